The van der Waals surface area contributed by atoms with Crippen LogP contribution >= 0.6 is 0 Å². The fourth-order valence-electron chi connectivity index (χ4n) is 4.59. The second kappa shape index (κ2) is 6.87. The Balaban J connectivity index is 1.22. The minimum Gasteiger partial charge on any atom is -0.366 e. The number of nitrogens with two attached hydrogens (primary N) is 1. The molecule has 2 aromatic carbocycles. The van der Waals surface area contributed by atoms with E-state index >= 15 is 0 Å². The Labute approximate surface area is 164 Å². The highest BCUT2D eigenvalue weighted by Crippen LogP contribution is 2.33. The number of amides is 1. The van der Waals surface area contributed by atoms with Crippen LogP contribution in [0.5, 0.6) is 0 Å². The van der Waals surface area contributed by atoms with Crippen molar-refractivity contribution in [2.24, 2.45) is 17.6 Å². The molecule has 0 spiro atoms. The molecule has 3 heterocycles. The molecule has 142 valence electrons. The van der Waals surface area contributed by atoms with Gasteiger partial charge in [-0.2, -0.15) is 0 Å². The summed E-state index contributed by atoms with van der Waals surface area (Å²) in [5.41, 5.74) is 6.99. The van der Waals surface area contributed by atoms with Gasteiger partial charge in [-0.1, -0.05) is 36.4 Å². The second-order valence-electron chi connectivity index (χ2n) is 7.94. The predicted octanol–water partition coefficient (Wildman–Crippen LogP) is 2.30. The Morgan fingerprint density at radius 1 is 0.964 bits per heavy atom. The highest BCUT2D eigenvalue weighted by atomic mass is 16.1. The van der Waals surface area contributed by atoms with E-state index in [2.05, 4.69) is 62.2 Å². The number of rotatable bonds is 4. The number of aromatic nitrogens is 2. The van der Waals surface area contributed by atoms with Crippen LogP contribution < -0.4 is 10.6 Å². The molecule has 2 N–H and O–H groups in total. The summed E-state index contributed by atoms with van der Waals surface area (Å²) < 4.78 is 0. The fraction of sp³-hybridized carbons (Fsp3) is 0.318. The molecule has 0 bridgehead atoms. The van der Waals surface area contributed by atoms with Crippen LogP contribution in [0.2, 0.25) is 0 Å². The molecule has 6 heteroatoms. The number of likely N-dealkylation sites (tertiary alicyclic amines) is 1. The molecule has 2 atom stereocenters. The van der Waals surface area contributed by atoms with Crippen LogP contribution in [0.3, 0.4) is 0 Å². The van der Waals surface area contributed by atoms with Crippen LogP contribution in [0.1, 0.15) is 15.9 Å². The van der Waals surface area contributed by atoms with Gasteiger partial charge in [-0.15, -0.1) is 0 Å². The average molecular weight is 373 g/mol. The molecule has 0 saturated carbocycles. The Morgan fingerprint density at radius 3 is 2.32 bits per heavy atom. The number of carbonyl (C=O) groups is 1. The maximum atomic E-state index is 11.2. The zero-order chi connectivity index (χ0) is 19.1. The molecule has 0 aliphatic carbocycles. The van der Waals surface area contributed by atoms with Gasteiger partial charge in [0.1, 0.15) is 0 Å². The van der Waals surface area contributed by atoms with E-state index in [1.54, 1.807) is 0 Å². The summed E-state index contributed by atoms with van der Waals surface area (Å²) in [4.78, 5) is 24.6. The maximum absolute atomic E-state index is 11.2. The molecule has 3 aromatic rings. The lowest BCUT2D eigenvalue weighted by Crippen LogP contribution is -2.29. The van der Waals surface area contributed by atoms with E-state index in [0.29, 0.717) is 23.3 Å². The third-order valence-electron chi connectivity index (χ3n) is 5.99. The SMILES string of the molecule is NC(=O)c1cnc(N2CC3CN(Cc4ccc5ccccc5c4)CC3C2)nc1. The van der Waals surface area contributed by atoms with Crippen molar-refractivity contribution >= 4 is 22.6 Å². The average Bonchev–Trinajstić information content (AvgIpc) is 3.26. The van der Waals surface area contributed by atoms with E-state index in [0.717, 1.165) is 32.7 Å². The summed E-state index contributed by atoms with van der Waals surface area (Å²) >= 11 is 0. The van der Waals surface area contributed by atoms with Gasteiger partial charge < -0.3 is 10.6 Å². The minimum absolute atomic E-state index is 0.352. The van der Waals surface area contributed by atoms with Crippen LogP contribution in [0, 0.1) is 11.8 Å². The summed E-state index contributed by atoms with van der Waals surface area (Å²) in [6.45, 7) is 5.14. The van der Waals surface area contributed by atoms with Crippen molar-refractivity contribution in [2.75, 3.05) is 31.1 Å². The van der Waals surface area contributed by atoms with Gasteiger partial charge in [0.15, 0.2) is 0 Å². The Bertz CT molecular complexity index is 1000. The highest BCUT2D eigenvalue weighted by molar-refractivity contribution is 5.92. The van der Waals surface area contributed by atoms with Crippen molar-refractivity contribution in [3.8, 4) is 0 Å². The molecular formula is C22H23N5O. The summed E-state index contributed by atoms with van der Waals surface area (Å²) in [7, 11) is 0. The first-order valence-electron chi connectivity index (χ1n) is 9.72. The topological polar surface area (TPSA) is 75.4 Å². The molecule has 2 unspecified atom stereocenters. The lowest BCUT2D eigenvalue weighted by molar-refractivity contribution is 0.0999. The first-order valence-corrected chi connectivity index (χ1v) is 9.72. The smallest absolute Gasteiger partial charge is 0.251 e. The molecule has 1 aromatic heterocycles. The molecule has 0 radical (unpaired) electrons. The minimum atomic E-state index is -0.492. The number of carbonyl (C=O) groups excluding carboxylic acids is 1. The largest absolute Gasteiger partial charge is 0.366 e. The van der Waals surface area contributed by atoms with Crippen molar-refractivity contribution < 1.29 is 4.79 Å². The van der Waals surface area contributed by atoms with E-state index in [4.69, 9.17) is 5.73 Å². The second-order valence-corrected chi connectivity index (χ2v) is 7.94. The normalized spacial score (nSPS) is 21.9. The van der Waals surface area contributed by atoms with Gasteiger partial charge >= 0.3 is 0 Å². The number of hydrogen-bond donors (Lipinski definition) is 1. The number of fused-ring (bicyclic) bond motifs is 2. The van der Waals surface area contributed by atoms with Crippen LogP contribution in [0.4, 0.5) is 5.95 Å². The van der Waals surface area contributed by atoms with E-state index in [9.17, 15) is 4.79 Å². The molecule has 2 aliphatic rings. The quantitative estimate of drug-likeness (QED) is 0.759. The third kappa shape index (κ3) is 3.20. The fourth-order valence-corrected chi connectivity index (χ4v) is 4.59. The first-order chi connectivity index (χ1) is 13.7. The molecule has 2 saturated heterocycles. The summed E-state index contributed by atoms with van der Waals surface area (Å²) in [6, 6.07) is 15.3. The predicted molar refractivity (Wildman–Crippen MR) is 109 cm³/mol. The highest BCUT2D eigenvalue weighted by Gasteiger charge is 2.40. The van der Waals surface area contributed by atoms with E-state index in [1.807, 2.05) is 0 Å². The molecule has 5 rings (SSSR count). The number of anilines is 1. The number of hydrogen-bond acceptors (Lipinski definition) is 5. The molecule has 28 heavy (non-hydrogen) atoms. The monoisotopic (exact) mass is 373 g/mol. The standard InChI is InChI=1S/C22H23N5O/c23-21(28)18-8-24-22(25-9-18)27-13-19-11-26(12-20(19)14-27)10-15-5-6-16-3-1-2-4-17(16)7-15/h1-9,19-20H,10-14H2,(H2,23,28). The van der Waals surface area contributed by atoms with Crippen molar-refractivity contribution in [1.29, 1.82) is 0 Å². The zero-order valence-electron chi connectivity index (χ0n) is 15.7. The van der Waals surface area contributed by atoms with Crippen LogP contribution in [-0.2, 0) is 6.54 Å². The van der Waals surface area contributed by atoms with Crippen LogP contribution in [-0.4, -0.2) is 47.0 Å². The molecule has 2 aliphatic heterocycles. The van der Waals surface area contributed by atoms with Crippen molar-refractivity contribution in [3.05, 3.63) is 66.0 Å². The Hall–Kier alpha value is -2.99. The first kappa shape index (κ1) is 17.1. The molecule has 2 fully saturated rings. The van der Waals surface area contributed by atoms with Gasteiger partial charge in [-0.25, -0.2) is 9.97 Å². The Morgan fingerprint density at radius 2 is 1.64 bits per heavy atom. The van der Waals surface area contributed by atoms with Crippen LogP contribution in [0.25, 0.3) is 10.8 Å². The van der Waals surface area contributed by atoms with Crippen molar-refractivity contribution in [1.82, 2.24) is 14.9 Å². The number of primary amides is 1. The summed E-state index contributed by atoms with van der Waals surface area (Å²) in [6.07, 6.45) is 3.04. The van der Waals surface area contributed by atoms with Gasteiger partial charge in [0.2, 0.25) is 5.95 Å². The summed E-state index contributed by atoms with van der Waals surface area (Å²) in [5.74, 6) is 1.48. The van der Waals surface area contributed by atoms with Gasteiger partial charge in [0.25, 0.3) is 5.91 Å². The van der Waals surface area contributed by atoms with E-state index in [1.165, 1.54) is 28.7 Å². The summed E-state index contributed by atoms with van der Waals surface area (Å²) in [5, 5.41) is 2.60. The van der Waals surface area contributed by atoms with Crippen molar-refractivity contribution in [2.45, 2.75) is 6.54 Å². The molecule has 1 amide bonds. The molecule has 6 nitrogen and oxygen atoms in total. The van der Waals surface area contributed by atoms with Crippen LogP contribution in [0.15, 0.2) is 54.9 Å². The number of nitrogens with zero attached hydrogens (tertiary/aromatic N) is 4. The number of benzene rings is 2. The lowest BCUT2D eigenvalue weighted by Gasteiger charge is -2.21. The van der Waals surface area contributed by atoms with Crippen molar-refractivity contribution in [3.63, 3.8) is 0 Å². The maximum Gasteiger partial charge on any atom is 0.251 e. The van der Waals surface area contributed by atoms with Gasteiger partial charge in [0, 0.05) is 45.1 Å². The van der Waals surface area contributed by atoms with Gasteiger partial charge in [0.05, 0.1) is 5.56 Å². The Kier molecular flexibility index (Phi) is 4.20. The van der Waals surface area contributed by atoms with Gasteiger partial charge in [-0.05, 0) is 34.2 Å². The van der Waals surface area contributed by atoms with E-state index in [-0.39, 0.29) is 0 Å². The lowest BCUT2D eigenvalue weighted by atomic mass is 10.0. The third-order valence-corrected chi connectivity index (χ3v) is 5.99. The van der Waals surface area contributed by atoms with E-state index < -0.39 is 5.91 Å². The van der Waals surface area contributed by atoms with Gasteiger partial charge in [-0.3, -0.25) is 9.69 Å². The zero-order valence-corrected chi connectivity index (χ0v) is 15.7. The molecular weight excluding hydrogens is 350 g/mol.